The largest absolute Gasteiger partial charge is 0.483 e. The Morgan fingerprint density at radius 3 is 2.34 bits per heavy atom. The van der Waals surface area contributed by atoms with Gasteiger partial charge in [-0.25, -0.2) is 8.78 Å². The van der Waals surface area contributed by atoms with Crippen molar-refractivity contribution < 1.29 is 13.5 Å². The summed E-state index contributed by atoms with van der Waals surface area (Å²) < 4.78 is 33.7. The van der Waals surface area contributed by atoms with E-state index in [2.05, 4.69) is 36.6 Å². The second kappa shape index (κ2) is 12.2. The van der Waals surface area contributed by atoms with Gasteiger partial charge in [0.1, 0.15) is 6.61 Å². The van der Waals surface area contributed by atoms with Crippen LogP contribution >= 0.6 is 0 Å². The normalized spacial score (nSPS) is 23.9. The number of benzene rings is 2. The zero-order chi connectivity index (χ0) is 24.6. The second-order valence-corrected chi connectivity index (χ2v) is 10.1. The van der Waals surface area contributed by atoms with E-state index in [-0.39, 0.29) is 12.4 Å². The summed E-state index contributed by atoms with van der Waals surface area (Å²) in [5, 5.41) is 0. The standard InChI is InChI=1S/C32H36F2O/c1-3-5-7-24-12-15-29-22-28(17-16-27(29)19-24)26-13-10-23(11-14-26)8-9-25-20-30(33)32(31(34)21-25)35-18-6-4-2/h3-4,6,10-11,13-14,20-21,24,27-29H,1,5,7,12,15-19,22H2,2H3/b6-4+. The molecule has 1 nitrogen and oxygen atoms in total. The Bertz CT molecular complexity index is 1070. The van der Waals surface area contributed by atoms with Gasteiger partial charge in [-0.15, -0.1) is 6.58 Å². The molecule has 2 aliphatic rings. The maximum atomic E-state index is 14.3. The molecular weight excluding hydrogens is 438 g/mol. The lowest BCUT2D eigenvalue weighted by Gasteiger charge is -2.42. The maximum Gasteiger partial charge on any atom is 0.191 e. The number of hydrogen-bond donors (Lipinski definition) is 0. The first kappa shape index (κ1) is 25.2. The SMILES string of the molecule is C=CCCC1CCC2CC(c3ccc(C#Cc4cc(F)c(OC/C=C/C)c(F)c4)cc3)CCC2C1. The molecule has 4 rings (SSSR count). The van der Waals surface area contributed by atoms with Crippen molar-refractivity contribution in [1.29, 1.82) is 0 Å². The molecule has 0 amide bonds. The van der Waals surface area contributed by atoms with Crippen LogP contribution in [0.25, 0.3) is 0 Å². The van der Waals surface area contributed by atoms with E-state index < -0.39 is 11.6 Å². The number of hydrogen-bond acceptors (Lipinski definition) is 1. The molecule has 2 aliphatic carbocycles. The summed E-state index contributed by atoms with van der Waals surface area (Å²) in [5.74, 6) is 7.38. The topological polar surface area (TPSA) is 9.23 Å². The number of halogens is 2. The molecule has 4 unspecified atom stereocenters. The fourth-order valence-electron chi connectivity index (χ4n) is 5.89. The average Bonchev–Trinajstić information content (AvgIpc) is 2.88. The van der Waals surface area contributed by atoms with Crippen molar-refractivity contribution in [3.05, 3.63) is 89.5 Å². The van der Waals surface area contributed by atoms with Gasteiger partial charge in [0.25, 0.3) is 0 Å². The fourth-order valence-corrected chi connectivity index (χ4v) is 5.89. The third-order valence-electron chi connectivity index (χ3n) is 7.79. The summed E-state index contributed by atoms with van der Waals surface area (Å²) in [6.45, 7) is 5.83. The highest BCUT2D eigenvalue weighted by Crippen LogP contribution is 2.48. The zero-order valence-corrected chi connectivity index (χ0v) is 20.7. The van der Waals surface area contributed by atoms with Crippen LogP contribution in [0.2, 0.25) is 0 Å². The van der Waals surface area contributed by atoms with Gasteiger partial charge in [0.2, 0.25) is 0 Å². The summed E-state index contributed by atoms with van der Waals surface area (Å²) >= 11 is 0. The minimum absolute atomic E-state index is 0.125. The van der Waals surface area contributed by atoms with Crippen LogP contribution in [-0.4, -0.2) is 6.61 Å². The molecule has 2 aromatic rings. The summed E-state index contributed by atoms with van der Waals surface area (Å²) in [6, 6.07) is 10.9. The van der Waals surface area contributed by atoms with Crippen molar-refractivity contribution >= 4 is 0 Å². The van der Waals surface area contributed by atoms with Crippen LogP contribution in [-0.2, 0) is 0 Å². The van der Waals surface area contributed by atoms with Crippen LogP contribution in [0.5, 0.6) is 5.75 Å². The first-order valence-electron chi connectivity index (χ1n) is 13.0. The Kier molecular flexibility index (Phi) is 8.80. The van der Waals surface area contributed by atoms with Gasteiger partial charge in [-0.2, -0.15) is 0 Å². The zero-order valence-electron chi connectivity index (χ0n) is 20.7. The van der Waals surface area contributed by atoms with Crippen LogP contribution in [0, 0.1) is 41.2 Å². The lowest BCUT2D eigenvalue weighted by molar-refractivity contribution is 0.115. The van der Waals surface area contributed by atoms with Gasteiger partial charge in [0.05, 0.1) is 0 Å². The van der Waals surface area contributed by atoms with Crippen molar-refractivity contribution in [3.8, 4) is 17.6 Å². The fraction of sp³-hybridized carbons (Fsp3) is 0.438. The van der Waals surface area contributed by atoms with Gasteiger partial charge in [-0.05, 0) is 105 Å². The smallest absolute Gasteiger partial charge is 0.191 e. The molecule has 0 aliphatic heterocycles. The Balaban J connectivity index is 1.35. The van der Waals surface area contributed by atoms with Gasteiger partial charge in [0.15, 0.2) is 17.4 Å². The van der Waals surface area contributed by atoms with E-state index in [1.54, 1.807) is 12.2 Å². The van der Waals surface area contributed by atoms with E-state index in [1.807, 2.05) is 19.1 Å². The third-order valence-corrected chi connectivity index (χ3v) is 7.79. The van der Waals surface area contributed by atoms with Crippen molar-refractivity contribution in [2.24, 2.45) is 17.8 Å². The molecule has 0 heterocycles. The van der Waals surface area contributed by atoms with E-state index in [1.165, 1.54) is 62.6 Å². The molecule has 0 N–H and O–H groups in total. The van der Waals surface area contributed by atoms with E-state index in [9.17, 15) is 8.78 Å². The van der Waals surface area contributed by atoms with E-state index in [0.29, 0.717) is 11.5 Å². The molecule has 0 saturated heterocycles. The van der Waals surface area contributed by atoms with Crippen LogP contribution in [0.15, 0.2) is 61.2 Å². The minimum atomic E-state index is -0.737. The first-order chi connectivity index (χ1) is 17.1. The van der Waals surface area contributed by atoms with Gasteiger partial charge < -0.3 is 4.74 Å². The van der Waals surface area contributed by atoms with Gasteiger partial charge in [-0.3, -0.25) is 0 Å². The van der Waals surface area contributed by atoms with Crippen molar-refractivity contribution in [2.75, 3.05) is 6.61 Å². The molecule has 2 fully saturated rings. The van der Waals surface area contributed by atoms with Crippen LogP contribution in [0.1, 0.15) is 80.9 Å². The van der Waals surface area contributed by atoms with Crippen LogP contribution in [0.3, 0.4) is 0 Å². The molecule has 2 aromatic carbocycles. The van der Waals surface area contributed by atoms with Crippen molar-refractivity contribution in [2.45, 2.75) is 64.2 Å². The Morgan fingerprint density at radius 1 is 0.943 bits per heavy atom. The van der Waals surface area contributed by atoms with Crippen molar-refractivity contribution in [3.63, 3.8) is 0 Å². The van der Waals surface area contributed by atoms with Crippen LogP contribution in [0.4, 0.5) is 8.78 Å². The predicted octanol–water partition coefficient (Wildman–Crippen LogP) is 8.59. The number of rotatable bonds is 7. The monoisotopic (exact) mass is 474 g/mol. The number of fused-ring (bicyclic) bond motifs is 1. The lowest BCUT2D eigenvalue weighted by Crippen LogP contribution is -2.30. The maximum absolute atomic E-state index is 14.3. The summed E-state index contributed by atoms with van der Waals surface area (Å²) in [5.41, 5.74) is 2.53. The second-order valence-electron chi connectivity index (χ2n) is 10.1. The molecule has 0 spiro atoms. The average molecular weight is 475 g/mol. The molecule has 3 heteroatoms. The summed E-state index contributed by atoms with van der Waals surface area (Å²) in [7, 11) is 0. The number of ether oxygens (including phenoxy) is 1. The van der Waals surface area contributed by atoms with E-state index in [4.69, 9.17) is 4.74 Å². The molecule has 184 valence electrons. The molecule has 0 radical (unpaired) electrons. The summed E-state index contributed by atoms with van der Waals surface area (Å²) in [4.78, 5) is 0. The highest BCUT2D eigenvalue weighted by atomic mass is 19.1. The Morgan fingerprint density at radius 2 is 1.63 bits per heavy atom. The van der Waals surface area contributed by atoms with E-state index in [0.717, 1.165) is 29.7 Å². The molecule has 35 heavy (non-hydrogen) atoms. The van der Waals surface area contributed by atoms with Crippen LogP contribution < -0.4 is 4.74 Å². The lowest BCUT2D eigenvalue weighted by atomic mass is 9.63. The first-order valence-corrected chi connectivity index (χ1v) is 13.0. The Hall–Kier alpha value is -2.86. The third kappa shape index (κ3) is 6.63. The molecule has 0 aromatic heterocycles. The highest BCUT2D eigenvalue weighted by Gasteiger charge is 2.35. The minimum Gasteiger partial charge on any atom is -0.483 e. The van der Waals surface area contributed by atoms with Gasteiger partial charge >= 0.3 is 0 Å². The van der Waals surface area contributed by atoms with Gasteiger partial charge in [-0.1, -0.05) is 48.6 Å². The Labute approximate surface area is 209 Å². The highest BCUT2D eigenvalue weighted by molar-refractivity contribution is 5.46. The molecule has 2 saturated carbocycles. The molecular formula is C32H36F2O. The quantitative estimate of drug-likeness (QED) is 0.288. The molecule has 0 bridgehead atoms. The van der Waals surface area contributed by atoms with E-state index >= 15 is 0 Å². The van der Waals surface area contributed by atoms with Gasteiger partial charge in [0, 0.05) is 11.1 Å². The number of allylic oxidation sites excluding steroid dienone is 2. The summed E-state index contributed by atoms with van der Waals surface area (Å²) in [6.07, 6.45) is 16.0. The van der Waals surface area contributed by atoms with Crippen molar-refractivity contribution in [1.82, 2.24) is 0 Å². The predicted molar refractivity (Wildman–Crippen MR) is 139 cm³/mol. The molecule has 4 atom stereocenters.